The molecule has 116 valence electrons. The summed E-state index contributed by atoms with van der Waals surface area (Å²) in [4.78, 5) is 24.3. The van der Waals surface area contributed by atoms with Crippen LogP contribution in [0.1, 0.15) is 10.5 Å². The lowest BCUT2D eigenvalue weighted by Crippen LogP contribution is -2.36. The van der Waals surface area contributed by atoms with Gasteiger partial charge in [0.2, 0.25) is 0 Å². The van der Waals surface area contributed by atoms with Crippen LogP contribution in [0, 0.1) is 0 Å². The molecule has 2 rings (SSSR count). The molecule has 0 saturated carbocycles. The van der Waals surface area contributed by atoms with Crippen molar-refractivity contribution >= 4 is 16.7 Å². The van der Waals surface area contributed by atoms with Gasteiger partial charge in [-0.3, -0.25) is 14.2 Å². The van der Waals surface area contributed by atoms with Crippen LogP contribution >= 0.6 is 0 Å². The Bertz CT molecular complexity index is 778. The van der Waals surface area contributed by atoms with E-state index in [1.807, 2.05) is 0 Å². The van der Waals surface area contributed by atoms with Gasteiger partial charge in [-0.25, -0.2) is 0 Å². The van der Waals surface area contributed by atoms with Crippen LogP contribution < -0.4 is 10.9 Å². The standard InChI is InChI=1S/C15H13F3N2O2/c1-2-7-19-13(21)12-8-10-5-3-4-6-11(10)14(22)20(12)9-15(16,17)18/h2-6,8H,1,7,9H2,(H,19,21). The number of alkyl halides is 3. The Morgan fingerprint density at radius 3 is 2.64 bits per heavy atom. The number of aromatic nitrogens is 1. The van der Waals surface area contributed by atoms with Crippen LogP contribution in [0.5, 0.6) is 0 Å². The van der Waals surface area contributed by atoms with Crippen molar-refractivity contribution in [3.63, 3.8) is 0 Å². The van der Waals surface area contributed by atoms with Crippen LogP contribution in [-0.2, 0) is 6.54 Å². The Kier molecular flexibility index (Phi) is 4.35. The molecule has 0 atom stereocenters. The number of hydrogen-bond donors (Lipinski definition) is 1. The van der Waals surface area contributed by atoms with Gasteiger partial charge in [0, 0.05) is 11.9 Å². The lowest BCUT2D eigenvalue weighted by molar-refractivity contribution is -0.141. The molecule has 1 N–H and O–H groups in total. The summed E-state index contributed by atoms with van der Waals surface area (Å²) in [5.41, 5.74) is -1.18. The van der Waals surface area contributed by atoms with Gasteiger partial charge in [0.25, 0.3) is 11.5 Å². The Balaban J connectivity index is 2.65. The van der Waals surface area contributed by atoms with Gasteiger partial charge < -0.3 is 5.32 Å². The second-order valence-corrected chi connectivity index (χ2v) is 4.62. The maximum Gasteiger partial charge on any atom is 0.406 e. The molecule has 4 nitrogen and oxygen atoms in total. The summed E-state index contributed by atoms with van der Waals surface area (Å²) in [6, 6.07) is 7.47. The number of hydrogen-bond acceptors (Lipinski definition) is 2. The molecule has 1 aromatic heterocycles. The average Bonchev–Trinajstić information content (AvgIpc) is 2.46. The fraction of sp³-hybridized carbons (Fsp3) is 0.200. The van der Waals surface area contributed by atoms with E-state index in [0.29, 0.717) is 9.95 Å². The first-order chi connectivity index (χ1) is 10.3. The predicted octanol–water partition coefficient (Wildman–Crippen LogP) is 2.48. The van der Waals surface area contributed by atoms with Gasteiger partial charge in [0.05, 0.1) is 0 Å². The first-order valence-corrected chi connectivity index (χ1v) is 6.42. The largest absolute Gasteiger partial charge is 0.406 e. The van der Waals surface area contributed by atoms with Crippen molar-refractivity contribution in [2.45, 2.75) is 12.7 Å². The van der Waals surface area contributed by atoms with E-state index in [2.05, 4.69) is 11.9 Å². The van der Waals surface area contributed by atoms with Crippen LogP contribution in [0.4, 0.5) is 13.2 Å². The summed E-state index contributed by atoms with van der Waals surface area (Å²) in [7, 11) is 0. The molecule has 7 heteroatoms. The molecule has 1 aromatic carbocycles. The summed E-state index contributed by atoms with van der Waals surface area (Å²) in [6.45, 7) is 1.98. The molecular formula is C15H13F3N2O2. The Morgan fingerprint density at radius 2 is 2.00 bits per heavy atom. The van der Waals surface area contributed by atoms with Crippen LogP contribution in [0.2, 0.25) is 0 Å². The number of rotatable bonds is 4. The molecule has 0 aliphatic carbocycles. The van der Waals surface area contributed by atoms with E-state index in [1.165, 1.54) is 18.2 Å². The minimum atomic E-state index is -4.61. The van der Waals surface area contributed by atoms with Crippen molar-refractivity contribution in [1.82, 2.24) is 9.88 Å². The summed E-state index contributed by atoms with van der Waals surface area (Å²) in [6.07, 6.45) is -3.22. The zero-order valence-corrected chi connectivity index (χ0v) is 11.5. The number of carbonyl (C=O) groups is 1. The smallest absolute Gasteiger partial charge is 0.347 e. The Morgan fingerprint density at radius 1 is 1.32 bits per heavy atom. The van der Waals surface area contributed by atoms with E-state index in [1.54, 1.807) is 18.2 Å². The molecular weight excluding hydrogens is 297 g/mol. The number of fused-ring (bicyclic) bond motifs is 1. The van der Waals surface area contributed by atoms with Crippen LogP contribution in [-0.4, -0.2) is 23.2 Å². The van der Waals surface area contributed by atoms with Crippen LogP contribution in [0.3, 0.4) is 0 Å². The first-order valence-electron chi connectivity index (χ1n) is 6.42. The number of carbonyl (C=O) groups excluding carboxylic acids is 1. The summed E-state index contributed by atoms with van der Waals surface area (Å²) >= 11 is 0. The zero-order chi connectivity index (χ0) is 16.3. The fourth-order valence-corrected chi connectivity index (χ4v) is 2.08. The van der Waals surface area contributed by atoms with Gasteiger partial charge in [0.15, 0.2) is 0 Å². The van der Waals surface area contributed by atoms with Gasteiger partial charge in [-0.15, -0.1) is 6.58 Å². The van der Waals surface area contributed by atoms with Gasteiger partial charge in [-0.1, -0.05) is 24.3 Å². The molecule has 0 aliphatic rings. The number of nitrogens with zero attached hydrogens (tertiary/aromatic N) is 1. The second kappa shape index (κ2) is 6.05. The number of benzene rings is 1. The van der Waals surface area contributed by atoms with Crippen LogP contribution in [0.25, 0.3) is 10.8 Å². The van der Waals surface area contributed by atoms with Gasteiger partial charge in [-0.05, 0) is 17.5 Å². The maximum absolute atomic E-state index is 12.7. The van der Waals surface area contributed by atoms with Crippen molar-refractivity contribution in [1.29, 1.82) is 0 Å². The quantitative estimate of drug-likeness (QED) is 0.882. The normalized spacial score (nSPS) is 11.4. The number of amides is 1. The van der Waals surface area contributed by atoms with Crippen molar-refractivity contribution in [2.75, 3.05) is 6.54 Å². The summed E-state index contributed by atoms with van der Waals surface area (Å²) in [5.74, 6) is -0.757. The van der Waals surface area contributed by atoms with E-state index in [0.717, 1.165) is 0 Å². The third-order valence-electron chi connectivity index (χ3n) is 3.00. The lowest BCUT2D eigenvalue weighted by Gasteiger charge is -2.15. The first kappa shape index (κ1) is 15.8. The highest BCUT2D eigenvalue weighted by Crippen LogP contribution is 2.19. The van der Waals surface area contributed by atoms with E-state index in [9.17, 15) is 22.8 Å². The molecule has 22 heavy (non-hydrogen) atoms. The van der Waals surface area contributed by atoms with Gasteiger partial charge in [-0.2, -0.15) is 13.2 Å². The summed E-state index contributed by atoms with van der Waals surface area (Å²) in [5, 5.41) is 2.93. The zero-order valence-electron chi connectivity index (χ0n) is 11.5. The monoisotopic (exact) mass is 310 g/mol. The fourth-order valence-electron chi connectivity index (χ4n) is 2.08. The molecule has 1 heterocycles. The molecule has 0 spiro atoms. The highest BCUT2D eigenvalue weighted by molar-refractivity contribution is 5.96. The number of pyridine rings is 1. The molecule has 1 amide bonds. The molecule has 2 aromatic rings. The molecule has 0 aliphatic heterocycles. The topological polar surface area (TPSA) is 51.1 Å². The number of halogens is 3. The molecule has 0 fully saturated rings. The molecule has 0 bridgehead atoms. The van der Waals surface area contributed by atoms with Crippen LogP contribution in [0.15, 0.2) is 47.8 Å². The minimum absolute atomic E-state index is 0.0892. The van der Waals surface area contributed by atoms with Gasteiger partial charge >= 0.3 is 6.18 Å². The van der Waals surface area contributed by atoms with Crippen molar-refractivity contribution in [3.8, 4) is 0 Å². The minimum Gasteiger partial charge on any atom is -0.347 e. The van der Waals surface area contributed by atoms with Gasteiger partial charge in [0.1, 0.15) is 12.2 Å². The lowest BCUT2D eigenvalue weighted by atomic mass is 10.1. The third kappa shape index (κ3) is 3.36. The SMILES string of the molecule is C=CCNC(=O)c1cc2ccccc2c(=O)n1CC(F)(F)F. The Labute approximate surface area is 123 Å². The average molecular weight is 310 g/mol. The highest BCUT2D eigenvalue weighted by atomic mass is 19.4. The molecule has 0 radical (unpaired) electrons. The molecule has 0 saturated heterocycles. The predicted molar refractivity (Wildman–Crippen MR) is 76.8 cm³/mol. The van der Waals surface area contributed by atoms with E-state index in [4.69, 9.17) is 0 Å². The van der Waals surface area contributed by atoms with E-state index < -0.39 is 24.2 Å². The van der Waals surface area contributed by atoms with Crippen molar-refractivity contribution in [3.05, 3.63) is 59.0 Å². The van der Waals surface area contributed by atoms with E-state index in [-0.39, 0.29) is 17.6 Å². The number of nitrogens with one attached hydrogen (secondary N) is 1. The van der Waals surface area contributed by atoms with Crippen molar-refractivity contribution in [2.24, 2.45) is 0 Å². The second-order valence-electron chi connectivity index (χ2n) is 4.62. The van der Waals surface area contributed by atoms with Crippen molar-refractivity contribution < 1.29 is 18.0 Å². The third-order valence-corrected chi connectivity index (χ3v) is 3.00. The Hall–Kier alpha value is -2.57. The maximum atomic E-state index is 12.7. The molecule has 0 unspecified atom stereocenters. The highest BCUT2D eigenvalue weighted by Gasteiger charge is 2.31. The van der Waals surface area contributed by atoms with E-state index >= 15 is 0 Å². The summed E-state index contributed by atoms with van der Waals surface area (Å²) < 4.78 is 38.6.